The van der Waals surface area contributed by atoms with Crippen LogP contribution in [0.5, 0.6) is 0 Å². The molecule has 8 nitrogen and oxygen atoms in total. The van der Waals surface area contributed by atoms with E-state index in [4.69, 9.17) is 0 Å². The van der Waals surface area contributed by atoms with Crippen molar-refractivity contribution in [1.82, 2.24) is 14.1 Å². The number of nitrogens with zero attached hydrogens (tertiary/aromatic N) is 3. The fourth-order valence-electron chi connectivity index (χ4n) is 3.73. The number of piperazine rings is 1. The van der Waals surface area contributed by atoms with Gasteiger partial charge in [-0.15, -0.1) is 0 Å². The third kappa shape index (κ3) is 6.22. The Morgan fingerprint density at radius 3 is 2.09 bits per heavy atom. The average molecular weight is 487 g/mol. The summed E-state index contributed by atoms with van der Waals surface area (Å²) in [6.45, 7) is 8.28. The van der Waals surface area contributed by atoms with Crippen LogP contribution in [0.3, 0.4) is 0 Å². The number of carbonyl (C=O) groups excluding carboxylic acids is 2. The van der Waals surface area contributed by atoms with Crippen molar-refractivity contribution in [3.05, 3.63) is 59.7 Å². The Labute approximate surface area is 202 Å². The average Bonchev–Trinajstić information content (AvgIpc) is 2.83. The van der Waals surface area contributed by atoms with Gasteiger partial charge in [-0.3, -0.25) is 14.5 Å². The number of carbonyl (C=O) groups is 2. The van der Waals surface area contributed by atoms with Gasteiger partial charge in [0, 0.05) is 50.5 Å². The first kappa shape index (κ1) is 25.9. The van der Waals surface area contributed by atoms with Crippen LogP contribution < -0.4 is 5.32 Å². The van der Waals surface area contributed by atoms with Crippen molar-refractivity contribution >= 4 is 27.5 Å². The quantitative estimate of drug-likeness (QED) is 0.620. The number of hydrogen-bond acceptors (Lipinski definition) is 5. The zero-order valence-electron chi connectivity index (χ0n) is 20.3. The number of sulfonamides is 1. The molecule has 0 aliphatic carbocycles. The third-order valence-corrected chi connectivity index (χ3v) is 8.23. The van der Waals surface area contributed by atoms with E-state index in [0.717, 1.165) is 6.42 Å². The van der Waals surface area contributed by atoms with Gasteiger partial charge in [0.25, 0.3) is 5.91 Å². The van der Waals surface area contributed by atoms with Gasteiger partial charge in [0.05, 0.1) is 11.4 Å². The molecular weight excluding hydrogens is 452 g/mol. The molecule has 0 saturated carbocycles. The molecule has 1 aliphatic rings. The van der Waals surface area contributed by atoms with Crippen molar-refractivity contribution in [3.63, 3.8) is 0 Å². The first-order valence-electron chi connectivity index (χ1n) is 11.6. The van der Waals surface area contributed by atoms with Gasteiger partial charge in [0.15, 0.2) is 0 Å². The second-order valence-corrected chi connectivity index (χ2v) is 10.8. The Kier molecular flexibility index (Phi) is 8.46. The molecule has 0 spiro atoms. The lowest BCUT2D eigenvalue weighted by Crippen LogP contribution is -2.50. The lowest BCUT2D eigenvalue weighted by atomic mass is 10.1. The van der Waals surface area contributed by atoms with Crippen molar-refractivity contribution in [2.45, 2.75) is 38.1 Å². The summed E-state index contributed by atoms with van der Waals surface area (Å²) in [7, 11) is -2.02. The fourth-order valence-corrected chi connectivity index (χ4v) is 5.10. The van der Waals surface area contributed by atoms with Crippen molar-refractivity contribution in [2.24, 2.45) is 0 Å². The zero-order chi connectivity index (χ0) is 24.9. The van der Waals surface area contributed by atoms with Crippen LogP contribution in [0.2, 0.25) is 0 Å². The Balaban J connectivity index is 1.49. The minimum absolute atomic E-state index is 0.0184. The molecule has 1 aliphatic heterocycles. The Bertz CT molecular complexity index is 1090. The lowest BCUT2D eigenvalue weighted by Gasteiger charge is -2.34. The summed E-state index contributed by atoms with van der Waals surface area (Å²) in [6.07, 6.45) is 0.938. The van der Waals surface area contributed by atoms with Crippen LogP contribution in [0.4, 0.5) is 5.69 Å². The molecular formula is C25H34N4O4S. The van der Waals surface area contributed by atoms with E-state index in [0.29, 0.717) is 37.4 Å². The molecule has 1 heterocycles. The summed E-state index contributed by atoms with van der Waals surface area (Å²) in [6, 6.07) is 13.8. The van der Waals surface area contributed by atoms with E-state index in [-0.39, 0.29) is 29.3 Å². The third-order valence-electron chi connectivity index (χ3n) is 6.18. The Hall–Kier alpha value is -2.75. The van der Waals surface area contributed by atoms with Gasteiger partial charge in [0.1, 0.15) is 0 Å². The van der Waals surface area contributed by atoms with Crippen molar-refractivity contribution in [1.29, 1.82) is 0 Å². The number of anilines is 1. The molecule has 1 N–H and O–H groups in total. The van der Waals surface area contributed by atoms with Crippen molar-refractivity contribution in [3.8, 4) is 0 Å². The normalized spacial score (nSPS) is 15.1. The fraction of sp³-hybridized carbons (Fsp3) is 0.440. The smallest absolute Gasteiger partial charge is 0.253 e. The predicted molar refractivity (Wildman–Crippen MR) is 133 cm³/mol. The Morgan fingerprint density at radius 1 is 0.971 bits per heavy atom. The maximum atomic E-state index is 12.7. The number of nitrogens with one attached hydrogen (secondary N) is 1. The maximum Gasteiger partial charge on any atom is 0.253 e. The first-order valence-corrected chi connectivity index (χ1v) is 13.0. The molecule has 1 fully saturated rings. The molecule has 0 radical (unpaired) electrons. The van der Waals surface area contributed by atoms with Gasteiger partial charge in [-0.25, -0.2) is 8.42 Å². The Morgan fingerprint density at radius 2 is 1.56 bits per heavy atom. The molecule has 0 bridgehead atoms. The number of amides is 2. The van der Waals surface area contributed by atoms with E-state index in [9.17, 15) is 18.0 Å². The second kappa shape index (κ2) is 11.1. The van der Waals surface area contributed by atoms with Gasteiger partial charge in [-0.1, -0.05) is 19.1 Å². The molecule has 0 unspecified atom stereocenters. The molecule has 184 valence electrons. The van der Waals surface area contributed by atoms with E-state index in [1.807, 2.05) is 47.9 Å². The summed E-state index contributed by atoms with van der Waals surface area (Å²) < 4.78 is 26.4. The highest BCUT2D eigenvalue weighted by molar-refractivity contribution is 7.89. The van der Waals surface area contributed by atoms with Crippen LogP contribution in [-0.4, -0.2) is 80.2 Å². The number of aryl methyl sites for hydroxylation is 1. The van der Waals surface area contributed by atoms with Crippen LogP contribution in [0.1, 0.15) is 36.7 Å². The van der Waals surface area contributed by atoms with Crippen LogP contribution in [0.15, 0.2) is 53.4 Å². The molecule has 9 heteroatoms. The summed E-state index contributed by atoms with van der Waals surface area (Å²) in [5, 5.41) is 2.82. The van der Waals surface area contributed by atoms with Gasteiger partial charge in [-0.2, -0.15) is 4.31 Å². The molecule has 1 saturated heterocycles. The molecule has 34 heavy (non-hydrogen) atoms. The SMILES string of the molecule is CCc1ccc(C(=O)N2CCN(CC(=O)Nc3ccc(S(=O)(=O)N(C)C(C)C)cc3)CC2)cc1. The zero-order valence-corrected chi connectivity index (χ0v) is 21.1. The molecule has 3 rings (SSSR count). The van der Waals surface area contributed by atoms with Crippen LogP contribution in [-0.2, 0) is 21.2 Å². The monoisotopic (exact) mass is 486 g/mol. The van der Waals surface area contributed by atoms with Crippen LogP contribution in [0, 0.1) is 0 Å². The highest BCUT2D eigenvalue weighted by Crippen LogP contribution is 2.19. The highest BCUT2D eigenvalue weighted by Gasteiger charge is 2.24. The molecule has 0 atom stereocenters. The van der Waals surface area contributed by atoms with E-state index < -0.39 is 10.0 Å². The summed E-state index contributed by atoms with van der Waals surface area (Å²) >= 11 is 0. The van der Waals surface area contributed by atoms with E-state index in [2.05, 4.69) is 12.2 Å². The molecule has 0 aromatic heterocycles. The number of benzene rings is 2. The largest absolute Gasteiger partial charge is 0.336 e. The number of rotatable bonds is 8. The van der Waals surface area contributed by atoms with Gasteiger partial charge in [0.2, 0.25) is 15.9 Å². The van der Waals surface area contributed by atoms with E-state index >= 15 is 0 Å². The summed E-state index contributed by atoms with van der Waals surface area (Å²) in [5.74, 6) is -0.158. The minimum Gasteiger partial charge on any atom is -0.336 e. The molecule has 2 aromatic carbocycles. The highest BCUT2D eigenvalue weighted by atomic mass is 32.2. The summed E-state index contributed by atoms with van der Waals surface area (Å²) in [5.41, 5.74) is 2.43. The first-order chi connectivity index (χ1) is 16.1. The molecule has 2 amide bonds. The standard InChI is InChI=1S/C25H34N4O4S/c1-5-20-6-8-21(9-7-20)25(31)29-16-14-28(15-17-29)18-24(30)26-22-10-12-23(13-11-22)34(32,33)27(4)19(2)3/h6-13,19H,5,14-18H2,1-4H3,(H,26,30). The number of hydrogen-bond donors (Lipinski definition) is 1. The van der Waals surface area contributed by atoms with Crippen molar-refractivity contribution < 1.29 is 18.0 Å². The lowest BCUT2D eigenvalue weighted by molar-refractivity contribution is -0.117. The predicted octanol–water partition coefficient (Wildman–Crippen LogP) is 2.67. The van der Waals surface area contributed by atoms with Gasteiger partial charge >= 0.3 is 0 Å². The second-order valence-electron chi connectivity index (χ2n) is 8.81. The van der Waals surface area contributed by atoms with E-state index in [1.165, 1.54) is 22.0 Å². The van der Waals surface area contributed by atoms with E-state index in [1.54, 1.807) is 19.2 Å². The van der Waals surface area contributed by atoms with Crippen LogP contribution in [0.25, 0.3) is 0 Å². The van der Waals surface area contributed by atoms with Crippen molar-refractivity contribution in [2.75, 3.05) is 45.1 Å². The topological polar surface area (TPSA) is 90.0 Å². The summed E-state index contributed by atoms with van der Waals surface area (Å²) in [4.78, 5) is 29.2. The van der Waals surface area contributed by atoms with Gasteiger partial charge in [-0.05, 0) is 62.2 Å². The maximum absolute atomic E-state index is 12.7. The minimum atomic E-state index is -3.56. The van der Waals surface area contributed by atoms with Crippen LogP contribution >= 0.6 is 0 Å². The molecule has 2 aromatic rings. The van der Waals surface area contributed by atoms with Gasteiger partial charge < -0.3 is 10.2 Å².